The summed E-state index contributed by atoms with van der Waals surface area (Å²) in [6.45, 7) is 7.83. The number of carbonyl (C=O) groups excluding carboxylic acids is 2. The van der Waals surface area contributed by atoms with E-state index in [-0.39, 0.29) is 11.7 Å². The molecule has 1 aromatic carbocycles. The molecule has 0 radical (unpaired) electrons. The summed E-state index contributed by atoms with van der Waals surface area (Å²) in [5.74, 6) is 0.931. The smallest absolute Gasteiger partial charge is 0.410 e. The first-order chi connectivity index (χ1) is 15.1. The standard InChI is InChI=1S/C24H32N4O4/c1-24(2,3)32-23(31)26(4)20(17-18-8-10-19(29)11-9-18)22(30)28-15-13-27(14-16-28)21-7-5-6-12-25-21/h5-12,20,29H,13-17H2,1-4H3. The van der Waals surface area contributed by atoms with Crippen molar-refractivity contribution in [2.75, 3.05) is 38.1 Å². The maximum atomic E-state index is 13.5. The van der Waals surface area contributed by atoms with Crippen molar-refractivity contribution in [3.63, 3.8) is 0 Å². The van der Waals surface area contributed by atoms with Crippen LogP contribution in [0.3, 0.4) is 0 Å². The van der Waals surface area contributed by atoms with Crippen LogP contribution in [0.5, 0.6) is 5.75 Å². The van der Waals surface area contributed by atoms with Gasteiger partial charge >= 0.3 is 6.09 Å². The first kappa shape index (κ1) is 23.4. The number of piperazine rings is 1. The third-order valence-electron chi connectivity index (χ3n) is 5.36. The summed E-state index contributed by atoms with van der Waals surface area (Å²) in [6, 6.07) is 11.8. The molecule has 32 heavy (non-hydrogen) atoms. The second-order valence-electron chi connectivity index (χ2n) is 8.98. The number of aromatic nitrogens is 1. The molecule has 2 amide bonds. The number of nitrogens with zero attached hydrogens (tertiary/aromatic N) is 4. The quantitative estimate of drug-likeness (QED) is 0.769. The minimum Gasteiger partial charge on any atom is -0.508 e. The Hall–Kier alpha value is -3.29. The number of hydrogen-bond donors (Lipinski definition) is 1. The summed E-state index contributed by atoms with van der Waals surface area (Å²) < 4.78 is 5.51. The van der Waals surface area contributed by atoms with Gasteiger partial charge in [0, 0.05) is 45.8 Å². The Balaban J connectivity index is 1.73. The average Bonchev–Trinajstić information content (AvgIpc) is 2.77. The first-order valence-electron chi connectivity index (χ1n) is 10.8. The molecule has 172 valence electrons. The Morgan fingerprint density at radius 1 is 1.09 bits per heavy atom. The molecule has 2 heterocycles. The number of aromatic hydroxyl groups is 1. The van der Waals surface area contributed by atoms with Crippen molar-refractivity contribution in [1.82, 2.24) is 14.8 Å². The predicted molar refractivity (Wildman–Crippen MR) is 123 cm³/mol. The number of carbonyl (C=O) groups is 2. The Bertz CT molecular complexity index is 904. The van der Waals surface area contributed by atoms with E-state index >= 15 is 0 Å². The van der Waals surface area contributed by atoms with Crippen molar-refractivity contribution in [3.05, 3.63) is 54.2 Å². The summed E-state index contributed by atoms with van der Waals surface area (Å²) >= 11 is 0. The van der Waals surface area contributed by atoms with E-state index in [9.17, 15) is 14.7 Å². The number of anilines is 1. The summed E-state index contributed by atoms with van der Waals surface area (Å²) in [5, 5.41) is 9.58. The fourth-order valence-electron chi connectivity index (χ4n) is 3.61. The van der Waals surface area contributed by atoms with Gasteiger partial charge < -0.3 is 19.6 Å². The van der Waals surface area contributed by atoms with E-state index in [1.807, 2.05) is 18.2 Å². The van der Waals surface area contributed by atoms with E-state index in [1.165, 1.54) is 4.90 Å². The monoisotopic (exact) mass is 440 g/mol. The van der Waals surface area contributed by atoms with Gasteiger partial charge in [0.25, 0.3) is 0 Å². The molecule has 0 spiro atoms. The van der Waals surface area contributed by atoms with Crippen LogP contribution in [-0.4, -0.2) is 76.8 Å². The second kappa shape index (κ2) is 9.89. The highest BCUT2D eigenvalue weighted by Gasteiger charge is 2.34. The van der Waals surface area contributed by atoms with Crippen LogP contribution in [0, 0.1) is 0 Å². The molecule has 1 unspecified atom stereocenters. The number of rotatable bonds is 5. The maximum Gasteiger partial charge on any atom is 0.410 e. The SMILES string of the molecule is CN(C(=O)OC(C)(C)C)C(Cc1ccc(O)cc1)C(=O)N1CCN(c2ccccn2)CC1. The summed E-state index contributed by atoms with van der Waals surface area (Å²) in [5.41, 5.74) is 0.190. The molecule has 1 aliphatic heterocycles. The molecule has 3 rings (SSSR count). The van der Waals surface area contributed by atoms with Gasteiger partial charge in [0.1, 0.15) is 23.2 Å². The van der Waals surface area contributed by atoms with Crippen LogP contribution in [-0.2, 0) is 16.0 Å². The third kappa shape index (κ3) is 6.12. The number of phenolic OH excluding ortho intramolecular Hbond substituents is 1. The number of phenols is 1. The van der Waals surface area contributed by atoms with Gasteiger partial charge in [-0.15, -0.1) is 0 Å². The van der Waals surface area contributed by atoms with Crippen molar-refractivity contribution in [1.29, 1.82) is 0 Å². The molecule has 1 N–H and O–H groups in total. The van der Waals surface area contributed by atoms with Crippen LogP contribution >= 0.6 is 0 Å². The van der Waals surface area contributed by atoms with E-state index < -0.39 is 17.7 Å². The number of amides is 2. The summed E-state index contributed by atoms with van der Waals surface area (Å²) in [6.07, 6.45) is 1.55. The van der Waals surface area contributed by atoms with Gasteiger partial charge in [-0.3, -0.25) is 9.69 Å². The van der Waals surface area contributed by atoms with E-state index in [0.717, 1.165) is 11.4 Å². The lowest BCUT2D eigenvalue weighted by molar-refractivity contribution is -0.136. The minimum absolute atomic E-state index is 0.118. The van der Waals surface area contributed by atoms with Crippen molar-refractivity contribution in [2.45, 2.75) is 38.8 Å². The molecule has 1 saturated heterocycles. The minimum atomic E-state index is -0.712. The van der Waals surface area contributed by atoms with Crippen LogP contribution in [0.15, 0.2) is 48.7 Å². The fourth-order valence-corrected chi connectivity index (χ4v) is 3.61. The number of hydrogen-bond acceptors (Lipinski definition) is 6. The lowest BCUT2D eigenvalue weighted by atomic mass is 10.0. The zero-order valence-corrected chi connectivity index (χ0v) is 19.2. The highest BCUT2D eigenvalue weighted by atomic mass is 16.6. The molecule has 1 fully saturated rings. The van der Waals surface area contributed by atoms with Gasteiger partial charge in [-0.05, 0) is 50.6 Å². The Kier molecular flexibility index (Phi) is 7.22. The first-order valence-corrected chi connectivity index (χ1v) is 10.8. The molecular formula is C24H32N4O4. The molecule has 1 aromatic heterocycles. The van der Waals surface area contributed by atoms with Crippen LogP contribution in [0.25, 0.3) is 0 Å². The predicted octanol–water partition coefficient (Wildman–Crippen LogP) is 2.91. The van der Waals surface area contributed by atoms with E-state index in [4.69, 9.17) is 4.74 Å². The Morgan fingerprint density at radius 2 is 1.75 bits per heavy atom. The molecule has 0 bridgehead atoms. The van der Waals surface area contributed by atoms with E-state index in [2.05, 4.69) is 9.88 Å². The molecule has 1 aliphatic rings. The number of pyridine rings is 1. The van der Waals surface area contributed by atoms with Crippen molar-refractivity contribution >= 4 is 17.8 Å². The van der Waals surface area contributed by atoms with Gasteiger partial charge in [0.15, 0.2) is 0 Å². The molecule has 8 nitrogen and oxygen atoms in total. The van der Waals surface area contributed by atoms with Crippen molar-refractivity contribution < 1.29 is 19.4 Å². The second-order valence-corrected chi connectivity index (χ2v) is 8.98. The zero-order chi connectivity index (χ0) is 23.3. The van der Waals surface area contributed by atoms with E-state index in [0.29, 0.717) is 32.6 Å². The Morgan fingerprint density at radius 3 is 2.31 bits per heavy atom. The normalized spacial score (nSPS) is 15.2. The lowest BCUT2D eigenvalue weighted by Crippen LogP contribution is -2.56. The van der Waals surface area contributed by atoms with Gasteiger partial charge in [-0.25, -0.2) is 9.78 Å². The Labute approximate surface area is 189 Å². The highest BCUT2D eigenvalue weighted by Crippen LogP contribution is 2.19. The maximum absolute atomic E-state index is 13.5. The zero-order valence-electron chi connectivity index (χ0n) is 19.2. The summed E-state index contributed by atoms with van der Waals surface area (Å²) in [4.78, 5) is 36.0. The topological polar surface area (TPSA) is 86.2 Å². The van der Waals surface area contributed by atoms with Crippen LogP contribution in [0.4, 0.5) is 10.6 Å². The summed E-state index contributed by atoms with van der Waals surface area (Å²) in [7, 11) is 1.60. The molecule has 0 aliphatic carbocycles. The van der Waals surface area contributed by atoms with Crippen molar-refractivity contribution in [3.8, 4) is 5.75 Å². The third-order valence-corrected chi connectivity index (χ3v) is 5.36. The number of ether oxygens (including phenoxy) is 1. The lowest BCUT2D eigenvalue weighted by Gasteiger charge is -2.39. The van der Waals surface area contributed by atoms with Crippen LogP contribution in [0.1, 0.15) is 26.3 Å². The van der Waals surface area contributed by atoms with Crippen LogP contribution in [0.2, 0.25) is 0 Å². The van der Waals surface area contributed by atoms with Gasteiger partial charge in [0.2, 0.25) is 5.91 Å². The molecule has 2 aromatic rings. The average molecular weight is 441 g/mol. The molecule has 1 atom stereocenters. The van der Waals surface area contributed by atoms with Gasteiger partial charge in [-0.2, -0.15) is 0 Å². The molecular weight excluding hydrogens is 408 g/mol. The van der Waals surface area contributed by atoms with Crippen molar-refractivity contribution in [2.24, 2.45) is 0 Å². The molecule has 0 saturated carbocycles. The number of likely N-dealkylation sites (N-methyl/N-ethyl adjacent to an activating group) is 1. The van der Waals surface area contributed by atoms with Gasteiger partial charge in [0.05, 0.1) is 0 Å². The number of benzene rings is 1. The highest BCUT2D eigenvalue weighted by molar-refractivity contribution is 5.86. The largest absolute Gasteiger partial charge is 0.508 e. The van der Waals surface area contributed by atoms with E-state index in [1.54, 1.807) is 63.2 Å². The molecule has 8 heteroatoms. The van der Waals surface area contributed by atoms with Crippen LogP contribution < -0.4 is 4.90 Å². The van der Waals surface area contributed by atoms with Gasteiger partial charge in [-0.1, -0.05) is 18.2 Å². The fraction of sp³-hybridized carbons (Fsp3) is 0.458.